The van der Waals surface area contributed by atoms with Gasteiger partial charge >= 0.3 is 0 Å². The Morgan fingerprint density at radius 2 is 1.67 bits per heavy atom. The van der Waals surface area contributed by atoms with Crippen LogP contribution in [0.2, 0.25) is 0 Å². The summed E-state index contributed by atoms with van der Waals surface area (Å²) >= 11 is 0. The minimum Gasteiger partial charge on any atom is -0.372 e. The monoisotopic (exact) mass is 254 g/mol. The number of carbonyl (C=O) groups is 2. The Hall–Kier alpha value is -1.58. The molecule has 18 heavy (non-hydrogen) atoms. The lowest BCUT2D eigenvalue weighted by atomic mass is 10.1. The van der Waals surface area contributed by atoms with Crippen LogP contribution in [0.25, 0.3) is 0 Å². The minimum absolute atomic E-state index is 0.0306. The smallest absolute Gasteiger partial charge is 0.246 e. The first kappa shape index (κ1) is 18.8. The van der Waals surface area contributed by atoms with Gasteiger partial charge in [-0.2, -0.15) is 0 Å². The summed E-state index contributed by atoms with van der Waals surface area (Å²) < 4.78 is 0. The van der Waals surface area contributed by atoms with Crippen LogP contribution in [-0.2, 0) is 9.59 Å². The molecule has 4 nitrogen and oxygen atoms in total. The second-order valence-corrected chi connectivity index (χ2v) is 4.29. The molecule has 0 aliphatic heterocycles. The lowest BCUT2D eigenvalue weighted by Crippen LogP contribution is -2.24. The number of amides is 2. The van der Waals surface area contributed by atoms with Crippen molar-refractivity contribution < 1.29 is 9.59 Å². The van der Waals surface area contributed by atoms with Gasteiger partial charge in [0.05, 0.1) is 0 Å². The van der Waals surface area contributed by atoms with E-state index in [9.17, 15) is 4.79 Å². The molecule has 0 bridgehead atoms. The Bertz CT molecular complexity index is 273. The average molecular weight is 254 g/mol. The number of unbranched alkanes of at least 4 members (excludes halogenated alkanes) is 3. The lowest BCUT2D eigenvalue weighted by molar-refractivity contribution is -0.117. The summed E-state index contributed by atoms with van der Waals surface area (Å²) in [6, 6.07) is 0. The predicted octanol–water partition coefficient (Wildman–Crippen LogP) is 2.31. The van der Waals surface area contributed by atoms with E-state index in [1.807, 2.05) is 0 Å². The second-order valence-electron chi connectivity index (χ2n) is 4.29. The molecule has 0 aromatic carbocycles. The molecule has 0 aliphatic rings. The third-order valence-corrected chi connectivity index (χ3v) is 2.20. The highest BCUT2D eigenvalue weighted by atomic mass is 16.1. The molecule has 2 amide bonds. The average Bonchev–Trinajstić information content (AvgIpc) is 2.28. The van der Waals surface area contributed by atoms with E-state index < -0.39 is 0 Å². The number of primary amides is 1. The molecule has 0 spiro atoms. The van der Waals surface area contributed by atoms with Gasteiger partial charge in [-0.05, 0) is 33.1 Å². The lowest BCUT2D eigenvalue weighted by Gasteiger charge is -2.04. The van der Waals surface area contributed by atoms with Gasteiger partial charge in [0.25, 0.3) is 0 Å². The van der Waals surface area contributed by atoms with Gasteiger partial charge in [0.2, 0.25) is 12.3 Å². The van der Waals surface area contributed by atoms with Crippen molar-refractivity contribution in [2.45, 2.75) is 46.0 Å². The van der Waals surface area contributed by atoms with Gasteiger partial charge in [-0.15, -0.1) is 6.58 Å². The van der Waals surface area contributed by atoms with Crippen LogP contribution in [0.15, 0.2) is 24.3 Å². The van der Waals surface area contributed by atoms with Crippen LogP contribution in [-0.4, -0.2) is 18.9 Å². The molecule has 0 atom stereocenters. The molecule has 0 saturated heterocycles. The first-order valence-electron chi connectivity index (χ1n) is 6.19. The standard InChI is InChI=1S/C13H23NO.CH3NO/c1-11(2)9-7-5-6-8-10-14-13(15)12(3)4;2-1-3/h1,3,5-10H2,2,4H3,(H,14,15);1H,(H2,2,3). The molecular formula is C14H26N2O2. The number of rotatable bonds is 8. The zero-order valence-corrected chi connectivity index (χ0v) is 11.6. The molecule has 0 fully saturated rings. The van der Waals surface area contributed by atoms with Crippen molar-refractivity contribution in [3.63, 3.8) is 0 Å². The Balaban J connectivity index is 0. The van der Waals surface area contributed by atoms with Crippen molar-refractivity contribution in [2.75, 3.05) is 6.54 Å². The van der Waals surface area contributed by atoms with E-state index in [2.05, 4.69) is 31.1 Å². The molecule has 3 N–H and O–H groups in total. The van der Waals surface area contributed by atoms with E-state index >= 15 is 0 Å². The van der Waals surface area contributed by atoms with Gasteiger partial charge < -0.3 is 11.1 Å². The zero-order valence-electron chi connectivity index (χ0n) is 11.6. The predicted molar refractivity (Wildman–Crippen MR) is 76.0 cm³/mol. The molecule has 104 valence electrons. The third-order valence-electron chi connectivity index (χ3n) is 2.20. The largest absolute Gasteiger partial charge is 0.372 e. The summed E-state index contributed by atoms with van der Waals surface area (Å²) in [6.07, 6.45) is 6.02. The van der Waals surface area contributed by atoms with E-state index in [0.29, 0.717) is 5.57 Å². The fourth-order valence-corrected chi connectivity index (χ4v) is 1.26. The summed E-state index contributed by atoms with van der Waals surface area (Å²) in [5.74, 6) is -0.0306. The number of hydrogen-bond donors (Lipinski definition) is 2. The fraction of sp³-hybridized carbons (Fsp3) is 0.571. The SMILES string of the molecule is C=C(C)CCCCCCNC(=O)C(=C)C.NC=O. The summed E-state index contributed by atoms with van der Waals surface area (Å²) in [5.41, 5.74) is 6.00. The van der Waals surface area contributed by atoms with Crippen LogP contribution >= 0.6 is 0 Å². The minimum atomic E-state index is -0.0306. The van der Waals surface area contributed by atoms with Crippen molar-refractivity contribution in [3.05, 3.63) is 24.3 Å². The highest BCUT2D eigenvalue weighted by Gasteiger charge is 1.99. The van der Waals surface area contributed by atoms with E-state index in [1.54, 1.807) is 6.92 Å². The first-order valence-corrected chi connectivity index (χ1v) is 6.19. The maximum atomic E-state index is 11.1. The molecule has 0 radical (unpaired) electrons. The van der Waals surface area contributed by atoms with Crippen molar-refractivity contribution in [1.29, 1.82) is 0 Å². The normalized spacial score (nSPS) is 8.78. The maximum Gasteiger partial charge on any atom is 0.246 e. The van der Waals surface area contributed by atoms with Gasteiger partial charge in [-0.1, -0.05) is 25.0 Å². The van der Waals surface area contributed by atoms with E-state index in [-0.39, 0.29) is 12.3 Å². The Kier molecular flexibility index (Phi) is 14.1. The molecule has 4 heteroatoms. The van der Waals surface area contributed by atoms with Crippen LogP contribution in [0.5, 0.6) is 0 Å². The molecular weight excluding hydrogens is 228 g/mol. The number of carbonyl (C=O) groups excluding carboxylic acids is 2. The topological polar surface area (TPSA) is 72.2 Å². The molecule has 0 aromatic heterocycles. The summed E-state index contributed by atoms with van der Waals surface area (Å²) in [4.78, 5) is 19.7. The van der Waals surface area contributed by atoms with Crippen LogP contribution < -0.4 is 11.1 Å². The van der Waals surface area contributed by atoms with E-state index in [0.717, 1.165) is 19.4 Å². The van der Waals surface area contributed by atoms with E-state index in [4.69, 9.17) is 4.79 Å². The highest BCUT2D eigenvalue weighted by Crippen LogP contribution is 2.07. The van der Waals surface area contributed by atoms with E-state index in [1.165, 1.54) is 24.8 Å². The maximum absolute atomic E-state index is 11.1. The molecule has 0 heterocycles. The Morgan fingerprint density at radius 3 is 2.11 bits per heavy atom. The van der Waals surface area contributed by atoms with Crippen molar-refractivity contribution in [2.24, 2.45) is 5.73 Å². The van der Waals surface area contributed by atoms with Crippen LogP contribution in [0.1, 0.15) is 46.0 Å². The zero-order chi connectivity index (χ0) is 14.4. The van der Waals surface area contributed by atoms with Crippen LogP contribution in [0.4, 0.5) is 0 Å². The summed E-state index contributed by atoms with van der Waals surface area (Å²) in [6.45, 7) is 12.0. The fourth-order valence-electron chi connectivity index (χ4n) is 1.26. The van der Waals surface area contributed by atoms with Crippen molar-refractivity contribution >= 4 is 12.3 Å². The van der Waals surface area contributed by atoms with Gasteiger partial charge in [-0.25, -0.2) is 0 Å². The molecule has 0 saturated carbocycles. The van der Waals surface area contributed by atoms with Crippen LogP contribution in [0.3, 0.4) is 0 Å². The highest BCUT2D eigenvalue weighted by molar-refractivity contribution is 5.91. The van der Waals surface area contributed by atoms with Gasteiger partial charge in [0, 0.05) is 12.1 Å². The second kappa shape index (κ2) is 13.5. The van der Waals surface area contributed by atoms with Crippen LogP contribution in [0, 0.1) is 0 Å². The van der Waals surface area contributed by atoms with Gasteiger partial charge in [0.1, 0.15) is 0 Å². The number of nitrogens with two attached hydrogens (primary N) is 1. The number of hydrogen-bond acceptors (Lipinski definition) is 2. The number of nitrogens with one attached hydrogen (secondary N) is 1. The molecule has 0 rings (SSSR count). The molecule has 0 aliphatic carbocycles. The van der Waals surface area contributed by atoms with Crippen molar-refractivity contribution in [3.8, 4) is 0 Å². The summed E-state index contributed by atoms with van der Waals surface area (Å²) in [5, 5.41) is 2.83. The Labute approximate surface area is 110 Å². The Morgan fingerprint density at radius 1 is 1.17 bits per heavy atom. The molecule has 0 unspecified atom stereocenters. The first-order chi connectivity index (χ1) is 8.45. The van der Waals surface area contributed by atoms with Gasteiger partial charge in [-0.3, -0.25) is 9.59 Å². The molecule has 0 aromatic rings. The third kappa shape index (κ3) is 16.8. The summed E-state index contributed by atoms with van der Waals surface area (Å²) in [7, 11) is 0. The van der Waals surface area contributed by atoms with Crippen molar-refractivity contribution in [1.82, 2.24) is 5.32 Å². The van der Waals surface area contributed by atoms with Gasteiger partial charge in [0.15, 0.2) is 0 Å². The quantitative estimate of drug-likeness (QED) is 0.302. The number of allylic oxidation sites excluding steroid dienone is 1.